The summed E-state index contributed by atoms with van der Waals surface area (Å²) in [6.45, 7) is 2.70. The lowest BCUT2D eigenvalue weighted by atomic mass is 10.1. The van der Waals surface area contributed by atoms with E-state index in [-0.39, 0.29) is 0 Å². The molecule has 1 aromatic rings. The second kappa shape index (κ2) is 3.40. The summed E-state index contributed by atoms with van der Waals surface area (Å²) in [6.07, 6.45) is -4.71. The Hall–Kier alpha value is -1.39. The van der Waals surface area contributed by atoms with Crippen LogP contribution in [0.1, 0.15) is 5.56 Å². The fraction of sp³-hybridized carbons (Fsp3) is 0.111. The lowest BCUT2D eigenvalue weighted by Gasteiger charge is -2.10. The predicted octanol–water partition coefficient (Wildman–Crippen LogP) is 3.54. The molecule has 0 aliphatic heterocycles. The third kappa shape index (κ3) is 2.10. The first-order valence-electron chi connectivity index (χ1n) is 3.54. The summed E-state index contributed by atoms with van der Waals surface area (Å²) >= 11 is 0. The van der Waals surface area contributed by atoms with Gasteiger partial charge in [-0.2, -0.15) is 13.2 Å². The SMILES string of the molecule is C=C(c1ccc(F)cc1F)C(F)(F)F. The van der Waals surface area contributed by atoms with Gasteiger partial charge in [0, 0.05) is 11.6 Å². The standard InChI is InChI=1S/C9H5F5/c1-5(9(12,13)14)7-3-2-6(10)4-8(7)11/h2-4H,1H2. The van der Waals surface area contributed by atoms with Crippen molar-refractivity contribution < 1.29 is 22.0 Å². The van der Waals surface area contributed by atoms with Crippen molar-refractivity contribution in [2.24, 2.45) is 0 Å². The Morgan fingerprint density at radius 1 is 1.14 bits per heavy atom. The number of halogens is 5. The molecule has 0 bridgehead atoms. The topological polar surface area (TPSA) is 0 Å². The number of hydrogen-bond donors (Lipinski definition) is 0. The van der Waals surface area contributed by atoms with Crippen LogP contribution in [0.2, 0.25) is 0 Å². The van der Waals surface area contributed by atoms with Crippen molar-refractivity contribution in [1.82, 2.24) is 0 Å². The van der Waals surface area contributed by atoms with Crippen molar-refractivity contribution in [2.75, 3.05) is 0 Å². The molecule has 0 saturated heterocycles. The normalized spacial score (nSPS) is 11.5. The number of alkyl halides is 3. The molecule has 1 rings (SSSR count). The average Bonchev–Trinajstić information content (AvgIpc) is 2.01. The van der Waals surface area contributed by atoms with Crippen molar-refractivity contribution in [3.8, 4) is 0 Å². The molecular formula is C9H5F5. The van der Waals surface area contributed by atoms with Crippen LogP contribution in [0.5, 0.6) is 0 Å². The molecule has 0 aliphatic carbocycles. The van der Waals surface area contributed by atoms with Gasteiger partial charge in [0.15, 0.2) is 0 Å². The van der Waals surface area contributed by atoms with Gasteiger partial charge >= 0.3 is 6.18 Å². The molecular weight excluding hydrogens is 203 g/mol. The van der Waals surface area contributed by atoms with Gasteiger partial charge in [-0.3, -0.25) is 0 Å². The number of benzene rings is 1. The minimum atomic E-state index is -4.71. The largest absolute Gasteiger partial charge is 0.416 e. The highest BCUT2D eigenvalue weighted by Gasteiger charge is 2.34. The summed E-state index contributed by atoms with van der Waals surface area (Å²) in [5.74, 6) is -2.20. The van der Waals surface area contributed by atoms with Gasteiger partial charge in [0.1, 0.15) is 11.6 Å². The molecule has 0 fully saturated rings. The Morgan fingerprint density at radius 2 is 1.71 bits per heavy atom. The molecule has 0 heterocycles. The van der Waals surface area contributed by atoms with Gasteiger partial charge in [0.25, 0.3) is 0 Å². The highest BCUT2D eigenvalue weighted by Crippen LogP contribution is 2.33. The van der Waals surface area contributed by atoms with Gasteiger partial charge in [-0.05, 0) is 12.1 Å². The van der Waals surface area contributed by atoms with Crippen LogP contribution in [0, 0.1) is 11.6 Å². The molecule has 0 aromatic heterocycles. The van der Waals surface area contributed by atoms with Gasteiger partial charge < -0.3 is 0 Å². The van der Waals surface area contributed by atoms with Crippen LogP contribution >= 0.6 is 0 Å². The molecule has 14 heavy (non-hydrogen) atoms. The first kappa shape index (κ1) is 10.7. The maximum Gasteiger partial charge on any atom is 0.416 e. The molecule has 0 N–H and O–H groups in total. The van der Waals surface area contributed by atoms with Crippen LogP contribution in [0.25, 0.3) is 5.57 Å². The van der Waals surface area contributed by atoms with E-state index < -0.39 is 28.9 Å². The highest BCUT2D eigenvalue weighted by molar-refractivity contribution is 5.67. The van der Waals surface area contributed by atoms with Crippen LogP contribution in [0.3, 0.4) is 0 Å². The molecule has 0 aliphatic rings. The maximum absolute atomic E-state index is 12.8. The van der Waals surface area contributed by atoms with E-state index in [0.717, 1.165) is 6.07 Å². The van der Waals surface area contributed by atoms with Gasteiger partial charge in [-0.1, -0.05) is 6.58 Å². The molecule has 0 radical (unpaired) electrons. The summed E-state index contributed by atoms with van der Waals surface area (Å²) in [5, 5.41) is 0. The van der Waals surface area contributed by atoms with Crippen LogP contribution in [-0.2, 0) is 0 Å². The molecule has 0 unspecified atom stereocenters. The Labute approximate surface area is 76.7 Å². The summed E-state index contributed by atoms with van der Waals surface area (Å²) < 4.78 is 61.4. The number of allylic oxidation sites excluding steroid dienone is 1. The monoisotopic (exact) mass is 208 g/mol. The van der Waals surface area contributed by atoms with Crippen molar-refractivity contribution in [1.29, 1.82) is 0 Å². The van der Waals surface area contributed by atoms with Crippen LogP contribution in [-0.4, -0.2) is 6.18 Å². The zero-order valence-electron chi connectivity index (χ0n) is 6.83. The second-order valence-electron chi connectivity index (χ2n) is 2.60. The van der Waals surface area contributed by atoms with E-state index >= 15 is 0 Å². The fourth-order valence-electron chi connectivity index (χ4n) is 0.887. The first-order chi connectivity index (χ1) is 6.32. The van der Waals surface area contributed by atoms with Gasteiger partial charge in [0.05, 0.1) is 5.57 Å². The first-order valence-corrected chi connectivity index (χ1v) is 3.54. The maximum atomic E-state index is 12.8. The minimum absolute atomic E-state index is 0.381. The lowest BCUT2D eigenvalue weighted by molar-refractivity contribution is -0.0688. The van der Waals surface area contributed by atoms with Crippen molar-refractivity contribution in [3.05, 3.63) is 42.0 Å². The summed E-state index contributed by atoms with van der Waals surface area (Å²) in [4.78, 5) is 0. The molecule has 0 spiro atoms. The van der Waals surface area contributed by atoms with E-state index in [4.69, 9.17) is 0 Å². The average molecular weight is 208 g/mol. The molecule has 0 saturated carbocycles. The van der Waals surface area contributed by atoms with Crippen molar-refractivity contribution in [3.63, 3.8) is 0 Å². The zero-order valence-corrected chi connectivity index (χ0v) is 6.83. The van der Waals surface area contributed by atoms with Gasteiger partial charge in [-0.15, -0.1) is 0 Å². The molecule has 76 valence electrons. The second-order valence-corrected chi connectivity index (χ2v) is 2.60. The third-order valence-electron chi connectivity index (χ3n) is 1.60. The Balaban J connectivity index is 3.15. The number of hydrogen-bond acceptors (Lipinski definition) is 0. The fourth-order valence-corrected chi connectivity index (χ4v) is 0.887. The van der Waals surface area contributed by atoms with Crippen LogP contribution in [0.4, 0.5) is 22.0 Å². The molecule has 5 heteroatoms. The lowest BCUT2D eigenvalue weighted by Crippen LogP contribution is -2.10. The van der Waals surface area contributed by atoms with E-state index in [1.807, 2.05) is 0 Å². The highest BCUT2D eigenvalue weighted by atomic mass is 19.4. The summed E-state index contributed by atoms with van der Waals surface area (Å²) in [5.41, 5.74) is -2.06. The smallest absolute Gasteiger partial charge is 0.207 e. The van der Waals surface area contributed by atoms with Crippen LogP contribution < -0.4 is 0 Å². The number of rotatable bonds is 1. The molecule has 1 aromatic carbocycles. The van der Waals surface area contributed by atoms with E-state index in [9.17, 15) is 22.0 Å². The van der Waals surface area contributed by atoms with Crippen molar-refractivity contribution >= 4 is 5.57 Å². The summed E-state index contributed by atoms with van der Waals surface area (Å²) in [7, 11) is 0. The molecule has 0 nitrogen and oxygen atoms in total. The van der Waals surface area contributed by atoms with Gasteiger partial charge in [-0.25, -0.2) is 8.78 Å². The van der Waals surface area contributed by atoms with Gasteiger partial charge in [0.2, 0.25) is 0 Å². The van der Waals surface area contributed by atoms with Crippen LogP contribution in [0.15, 0.2) is 24.8 Å². The van der Waals surface area contributed by atoms with E-state index in [2.05, 4.69) is 6.58 Å². The zero-order chi connectivity index (χ0) is 10.9. The van der Waals surface area contributed by atoms with E-state index in [1.165, 1.54) is 0 Å². The molecule has 0 atom stereocenters. The Morgan fingerprint density at radius 3 is 2.14 bits per heavy atom. The predicted molar refractivity (Wildman–Crippen MR) is 41.4 cm³/mol. The van der Waals surface area contributed by atoms with E-state index in [0.29, 0.717) is 12.1 Å². The molecule has 0 amide bonds. The quantitative estimate of drug-likeness (QED) is 0.619. The van der Waals surface area contributed by atoms with Crippen molar-refractivity contribution in [2.45, 2.75) is 6.18 Å². The Kier molecular flexibility index (Phi) is 2.59. The summed E-state index contributed by atoms with van der Waals surface area (Å²) in [6, 6.07) is 1.84. The Bertz CT molecular complexity index is 364. The minimum Gasteiger partial charge on any atom is -0.207 e. The third-order valence-corrected chi connectivity index (χ3v) is 1.60. The van der Waals surface area contributed by atoms with E-state index in [1.54, 1.807) is 0 Å².